The molecule has 2 N–H and O–H groups in total. The second-order valence-corrected chi connectivity index (χ2v) is 7.72. The van der Waals surface area contributed by atoms with Gasteiger partial charge in [0.2, 0.25) is 0 Å². The van der Waals surface area contributed by atoms with Gasteiger partial charge in [0.25, 0.3) is 0 Å². The van der Waals surface area contributed by atoms with Gasteiger partial charge in [-0.1, -0.05) is 24.8 Å². The lowest BCUT2D eigenvalue weighted by Crippen LogP contribution is -2.46. The van der Waals surface area contributed by atoms with Crippen LogP contribution in [-0.4, -0.2) is 40.9 Å². The zero-order valence-electron chi connectivity index (χ0n) is 16.3. The molecule has 2 heterocycles. The van der Waals surface area contributed by atoms with Crippen LogP contribution in [0.15, 0.2) is 65.6 Å². The summed E-state index contributed by atoms with van der Waals surface area (Å²) < 4.78 is 0. The van der Waals surface area contributed by atoms with Gasteiger partial charge in [-0.25, -0.2) is 10.0 Å². The van der Waals surface area contributed by atoms with E-state index in [2.05, 4.69) is 76.4 Å². The Kier molecular flexibility index (Phi) is 4.79. The Bertz CT molecular complexity index is 816. The van der Waals surface area contributed by atoms with E-state index in [4.69, 9.17) is 0 Å². The fourth-order valence-electron chi connectivity index (χ4n) is 4.06. The summed E-state index contributed by atoms with van der Waals surface area (Å²) >= 11 is 0. The minimum absolute atomic E-state index is 0.228. The quantitative estimate of drug-likeness (QED) is 0.854. The molecule has 1 aromatic carbocycles. The van der Waals surface area contributed by atoms with Crippen molar-refractivity contribution in [3.05, 3.63) is 66.2 Å². The largest absolute Gasteiger partial charge is 0.372 e. The van der Waals surface area contributed by atoms with Crippen LogP contribution in [0.1, 0.15) is 31.7 Å². The number of hydrogen-bond acceptors (Lipinski definition) is 5. The smallest absolute Gasteiger partial charge is 0.138 e. The predicted octanol–water partition coefficient (Wildman–Crippen LogP) is 3.80. The Morgan fingerprint density at radius 2 is 2.07 bits per heavy atom. The molecule has 0 aromatic heterocycles. The molecule has 0 amide bonds. The number of rotatable bonds is 4. The third-order valence-corrected chi connectivity index (χ3v) is 5.90. The number of amidine groups is 1. The molecule has 27 heavy (non-hydrogen) atoms. The average molecular weight is 364 g/mol. The van der Waals surface area contributed by atoms with E-state index in [-0.39, 0.29) is 5.54 Å². The molecule has 2 aliphatic heterocycles. The zero-order valence-corrected chi connectivity index (χ0v) is 16.3. The summed E-state index contributed by atoms with van der Waals surface area (Å²) in [6.07, 6.45) is 9.27. The van der Waals surface area contributed by atoms with Gasteiger partial charge in [0.05, 0.1) is 11.2 Å². The standard InChI is InChI=1S/C22H29N5/c1-4-23-21-19(10-13-24-21)18(3)26-14-7-15-27(22(16-26)11-12-22)25-20-9-6-5-8-17(20)2/h4-6,8-10,13,25H,1,7,11-12,14-16H2,2-3H3,(H,23,24)/b19-18+. The molecule has 1 aliphatic carbocycles. The summed E-state index contributed by atoms with van der Waals surface area (Å²) in [5, 5.41) is 5.65. The Morgan fingerprint density at radius 1 is 1.26 bits per heavy atom. The van der Waals surface area contributed by atoms with Crippen LogP contribution in [0.25, 0.3) is 0 Å². The van der Waals surface area contributed by atoms with E-state index in [0.29, 0.717) is 0 Å². The lowest BCUT2D eigenvalue weighted by atomic mass is 10.1. The van der Waals surface area contributed by atoms with Crippen molar-refractivity contribution in [2.24, 2.45) is 4.99 Å². The zero-order chi connectivity index (χ0) is 18.9. The first kappa shape index (κ1) is 17.9. The third kappa shape index (κ3) is 3.52. The first-order chi connectivity index (χ1) is 13.1. The van der Waals surface area contributed by atoms with Gasteiger partial charge in [-0.15, -0.1) is 0 Å². The van der Waals surface area contributed by atoms with Crippen LogP contribution in [0.4, 0.5) is 5.69 Å². The number of aryl methyl sites for hydroxylation is 1. The molecule has 5 heteroatoms. The fourth-order valence-corrected chi connectivity index (χ4v) is 4.06. The fraction of sp³-hybridized carbons (Fsp3) is 0.409. The Morgan fingerprint density at radius 3 is 2.81 bits per heavy atom. The van der Waals surface area contributed by atoms with Crippen molar-refractivity contribution in [3.63, 3.8) is 0 Å². The molecule has 0 bridgehead atoms. The molecule has 5 nitrogen and oxygen atoms in total. The van der Waals surface area contributed by atoms with Crippen LogP contribution in [0.5, 0.6) is 0 Å². The van der Waals surface area contributed by atoms with Crippen molar-refractivity contribution in [2.45, 2.75) is 38.6 Å². The Hall–Kier alpha value is -2.53. The molecule has 0 radical (unpaired) electrons. The van der Waals surface area contributed by atoms with Crippen molar-refractivity contribution < 1.29 is 0 Å². The highest BCUT2D eigenvalue weighted by molar-refractivity contribution is 6.04. The number of anilines is 1. The molecular formula is C22H29N5. The number of nitrogens with zero attached hydrogens (tertiary/aromatic N) is 3. The first-order valence-electron chi connectivity index (χ1n) is 9.81. The number of aliphatic imine (C=N–C) groups is 1. The minimum atomic E-state index is 0.228. The van der Waals surface area contributed by atoms with Crippen LogP contribution in [0.3, 0.4) is 0 Å². The van der Waals surface area contributed by atoms with Crippen molar-refractivity contribution >= 4 is 11.5 Å². The second kappa shape index (κ2) is 7.24. The van der Waals surface area contributed by atoms with Crippen molar-refractivity contribution in [2.75, 3.05) is 25.1 Å². The summed E-state index contributed by atoms with van der Waals surface area (Å²) in [4.78, 5) is 6.96. The van der Waals surface area contributed by atoms with Gasteiger partial charge in [-0.3, -0.25) is 0 Å². The molecular weight excluding hydrogens is 334 g/mol. The number of nitrogens with one attached hydrogen (secondary N) is 2. The van der Waals surface area contributed by atoms with E-state index in [9.17, 15) is 0 Å². The molecule has 1 aromatic rings. The number of hydrazine groups is 1. The summed E-state index contributed by atoms with van der Waals surface area (Å²) in [6, 6.07) is 8.54. The SMILES string of the molecule is C=CNC1=NC=C/C1=C(/C)N1CCCN(Nc2ccccc2C)C2(CC2)C1. The van der Waals surface area contributed by atoms with Crippen molar-refractivity contribution in [3.8, 4) is 0 Å². The monoisotopic (exact) mass is 363 g/mol. The maximum Gasteiger partial charge on any atom is 0.138 e. The normalized spacial score (nSPS) is 23.0. The van der Waals surface area contributed by atoms with Gasteiger partial charge in [-0.2, -0.15) is 0 Å². The van der Waals surface area contributed by atoms with Crippen LogP contribution in [0.2, 0.25) is 0 Å². The number of benzene rings is 1. The van der Waals surface area contributed by atoms with Crippen molar-refractivity contribution in [1.29, 1.82) is 0 Å². The molecule has 142 valence electrons. The molecule has 1 saturated carbocycles. The summed E-state index contributed by atoms with van der Waals surface area (Å²) in [5.74, 6) is 0.895. The average Bonchev–Trinajstić information content (AvgIpc) is 3.35. The summed E-state index contributed by atoms with van der Waals surface area (Å²) in [5.41, 5.74) is 8.93. The minimum Gasteiger partial charge on any atom is -0.372 e. The third-order valence-electron chi connectivity index (χ3n) is 5.90. The molecule has 1 spiro atoms. The molecule has 0 unspecified atom stereocenters. The highest BCUT2D eigenvalue weighted by Crippen LogP contribution is 2.44. The highest BCUT2D eigenvalue weighted by atomic mass is 15.6. The lowest BCUT2D eigenvalue weighted by Gasteiger charge is -2.34. The van der Waals surface area contributed by atoms with Gasteiger partial charge in [0.1, 0.15) is 5.84 Å². The van der Waals surface area contributed by atoms with Gasteiger partial charge < -0.3 is 15.6 Å². The van der Waals surface area contributed by atoms with E-state index in [1.54, 1.807) is 6.20 Å². The maximum absolute atomic E-state index is 4.43. The van der Waals surface area contributed by atoms with E-state index < -0.39 is 0 Å². The van der Waals surface area contributed by atoms with E-state index >= 15 is 0 Å². The summed E-state index contributed by atoms with van der Waals surface area (Å²) in [7, 11) is 0. The Balaban J connectivity index is 1.53. The van der Waals surface area contributed by atoms with Crippen LogP contribution < -0.4 is 10.7 Å². The van der Waals surface area contributed by atoms with Crippen LogP contribution >= 0.6 is 0 Å². The van der Waals surface area contributed by atoms with Gasteiger partial charge in [-0.05, 0) is 57.0 Å². The van der Waals surface area contributed by atoms with E-state index in [0.717, 1.165) is 31.9 Å². The first-order valence-corrected chi connectivity index (χ1v) is 9.81. The van der Waals surface area contributed by atoms with E-state index in [1.807, 2.05) is 6.20 Å². The predicted molar refractivity (Wildman–Crippen MR) is 112 cm³/mol. The molecule has 1 saturated heterocycles. The topological polar surface area (TPSA) is 42.9 Å². The van der Waals surface area contributed by atoms with Gasteiger partial charge in [0.15, 0.2) is 0 Å². The number of hydrogen-bond donors (Lipinski definition) is 2. The second-order valence-electron chi connectivity index (χ2n) is 7.72. The number of allylic oxidation sites excluding steroid dienone is 1. The Labute approximate surface area is 162 Å². The van der Waals surface area contributed by atoms with E-state index in [1.165, 1.54) is 35.4 Å². The van der Waals surface area contributed by atoms with Crippen LogP contribution in [-0.2, 0) is 0 Å². The summed E-state index contributed by atoms with van der Waals surface area (Å²) in [6.45, 7) is 11.3. The molecule has 4 rings (SSSR count). The lowest BCUT2D eigenvalue weighted by molar-refractivity contribution is 0.205. The van der Waals surface area contributed by atoms with Crippen LogP contribution in [0, 0.1) is 6.92 Å². The number of para-hydroxylation sites is 1. The molecule has 2 fully saturated rings. The maximum atomic E-state index is 4.43. The molecule has 0 atom stereocenters. The van der Waals surface area contributed by atoms with Crippen molar-refractivity contribution in [1.82, 2.24) is 15.2 Å². The highest BCUT2D eigenvalue weighted by Gasteiger charge is 2.50. The van der Waals surface area contributed by atoms with Gasteiger partial charge in [0, 0.05) is 37.1 Å². The molecule has 3 aliphatic rings. The van der Waals surface area contributed by atoms with Gasteiger partial charge >= 0.3 is 0 Å².